The number of carbonyl (C=O) groups excluding carboxylic acids is 4. The van der Waals surface area contributed by atoms with Crippen molar-refractivity contribution in [1.29, 1.82) is 0 Å². The highest BCUT2D eigenvalue weighted by Gasteiger charge is 2.60. The van der Waals surface area contributed by atoms with Gasteiger partial charge < -0.3 is 34.5 Å². The first kappa shape index (κ1) is 43.0. The molecule has 2 aromatic heterocycles. The molecule has 0 saturated carbocycles. The van der Waals surface area contributed by atoms with Crippen molar-refractivity contribution in [1.82, 2.24) is 24.9 Å². The Kier molecular flexibility index (Phi) is 13.5. The van der Waals surface area contributed by atoms with Crippen LogP contribution in [0.25, 0.3) is 11.4 Å². The number of hydrogen-bond donors (Lipinski definition) is 2. The summed E-state index contributed by atoms with van der Waals surface area (Å²) < 4.78 is 32.3. The molecule has 0 aliphatic carbocycles. The van der Waals surface area contributed by atoms with Gasteiger partial charge in [-0.3, -0.25) is 24.3 Å². The molecule has 5 rings (SSSR count). The van der Waals surface area contributed by atoms with Crippen LogP contribution >= 0.6 is 0 Å². The minimum Gasteiger partial charge on any atom is -0.458 e. The smallest absolute Gasteiger partial charge is 0.411 e. The molecule has 13 atom stereocenters. The van der Waals surface area contributed by atoms with E-state index in [1.165, 1.54) is 18.9 Å². The van der Waals surface area contributed by atoms with Crippen LogP contribution in [0.2, 0.25) is 0 Å². The Balaban J connectivity index is 1.46. The molecular formula is C40H58N6O10. The zero-order chi connectivity index (χ0) is 41.1. The van der Waals surface area contributed by atoms with Gasteiger partial charge in [0.25, 0.3) is 0 Å². The number of fused-ring (bicyclic) bond motifs is 1. The minimum absolute atomic E-state index is 0.0830. The number of cyclic esters (lactones) is 1. The zero-order valence-corrected chi connectivity index (χ0v) is 33.9. The highest BCUT2D eigenvalue weighted by atomic mass is 16.7. The number of hydrogen-bond acceptors (Lipinski definition) is 14. The second-order valence-electron chi connectivity index (χ2n) is 16.0. The molecule has 3 aliphatic rings. The van der Waals surface area contributed by atoms with E-state index in [1.54, 1.807) is 64.7 Å². The minimum atomic E-state index is -1.45. The number of ketones is 2. The Morgan fingerprint density at radius 1 is 1.02 bits per heavy atom. The summed E-state index contributed by atoms with van der Waals surface area (Å²) >= 11 is 0. The van der Waals surface area contributed by atoms with Gasteiger partial charge in [0.1, 0.15) is 29.6 Å². The number of allylic oxidation sites excluding steroid dienone is 1. The Labute approximate surface area is 328 Å². The van der Waals surface area contributed by atoms with Crippen LogP contribution in [0.4, 0.5) is 4.79 Å². The van der Waals surface area contributed by atoms with E-state index >= 15 is 0 Å². The number of nitrogens with zero attached hydrogens (tertiary/aromatic N) is 5. The average molecular weight is 783 g/mol. The van der Waals surface area contributed by atoms with Crippen LogP contribution in [0.5, 0.6) is 0 Å². The molecule has 2 unspecified atom stereocenters. The number of ether oxygens (including phenoxy) is 5. The van der Waals surface area contributed by atoms with E-state index < -0.39 is 89.4 Å². The van der Waals surface area contributed by atoms with Crippen molar-refractivity contribution in [3.63, 3.8) is 0 Å². The number of aliphatic hydroxyl groups excluding tert-OH is 1. The van der Waals surface area contributed by atoms with E-state index in [4.69, 9.17) is 29.4 Å². The summed E-state index contributed by atoms with van der Waals surface area (Å²) in [6, 6.07) is 4.02. The highest BCUT2D eigenvalue weighted by Crippen LogP contribution is 2.43. The number of pyridine rings is 1. The fraction of sp³-hybridized carbons (Fsp3) is 0.675. The maximum absolute atomic E-state index is 14.6. The third-order valence-electron chi connectivity index (χ3n) is 11.8. The summed E-state index contributed by atoms with van der Waals surface area (Å²) in [6.45, 7) is 14.0. The van der Waals surface area contributed by atoms with Crippen LogP contribution in [0.3, 0.4) is 0 Å². The SMILES string of the molecule is CC[C@H]1OC(=O)[C@H](C)C(=O)[C@H](C)[C@@H](O[C@@H]2O[C@H](C)CC(N)C2O)[C@](C)(OC)C[C@@H](C)C(=O)[C@H](C)[C@H]2N(C/C=C/Cn3cc(-c4ccccn4)nn3)C(=O)O[C@]12C. The number of carbonyl (C=O) groups is 4. The molecule has 1 amide bonds. The predicted octanol–water partition coefficient (Wildman–Crippen LogP) is 3.50. The lowest BCUT2D eigenvalue weighted by atomic mass is 9.73. The van der Waals surface area contributed by atoms with E-state index in [0.717, 1.165) is 0 Å². The number of esters is 1. The van der Waals surface area contributed by atoms with Gasteiger partial charge in [-0.1, -0.05) is 51.1 Å². The first-order valence-corrected chi connectivity index (χ1v) is 19.5. The third-order valence-corrected chi connectivity index (χ3v) is 11.8. The van der Waals surface area contributed by atoms with Gasteiger partial charge in [-0.05, 0) is 59.1 Å². The molecule has 16 nitrogen and oxygen atoms in total. The van der Waals surface area contributed by atoms with E-state index in [1.807, 2.05) is 31.2 Å². The summed E-state index contributed by atoms with van der Waals surface area (Å²) in [5.41, 5.74) is 4.77. The van der Waals surface area contributed by atoms with Crippen LogP contribution in [-0.2, 0) is 44.6 Å². The van der Waals surface area contributed by atoms with Gasteiger partial charge in [-0.15, -0.1) is 5.10 Å². The Morgan fingerprint density at radius 3 is 2.39 bits per heavy atom. The van der Waals surface area contributed by atoms with Crippen LogP contribution in [-0.4, -0.2) is 121 Å². The molecule has 5 heterocycles. The van der Waals surface area contributed by atoms with Crippen molar-refractivity contribution in [2.45, 2.75) is 135 Å². The van der Waals surface area contributed by atoms with Crippen molar-refractivity contribution in [3.05, 3.63) is 42.7 Å². The maximum atomic E-state index is 14.6. The molecule has 3 saturated heterocycles. The highest BCUT2D eigenvalue weighted by molar-refractivity contribution is 6.00. The van der Waals surface area contributed by atoms with Gasteiger partial charge in [-0.2, -0.15) is 0 Å². The quantitative estimate of drug-likeness (QED) is 0.212. The summed E-state index contributed by atoms with van der Waals surface area (Å²) in [5, 5.41) is 19.4. The summed E-state index contributed by atoms with van der Waals surface area (Å²) in [4.78, 5) is 62.2. The molecule has 0 aromatic carbocycles. The molecule has 56 heavy (non-hydrogen) atoms. The van der Waals surface area contributed by atoms with Gasteiger partial charge >= 0.3 is 12.1 Å². The number of rotatable bonds is 9. The Hall–Kier alpha value is -4.09. The van der Waals surface area contributed by atoms with Gasteiger partial charge in [0.15, 0.2) is 17.7 Å². The van der Waals surface area contributed by atoms with Gasteiger partial charge in [0.05, 0.1) is 42.3 Å². The molecule has 16 heteroatoms. The molecule has 2 aromatic rings. The standard InChI is InChI=1S/C40H58N6O10/c1-10-30-40(8)34(46(38(51)56-40)18-14-13-17-45-21-29(43-44-45)28-15-11-12-16-42-28)24(4)31(47)22(2)20-39(7,52-9)35(25(5)32(48)26(6)36(50)54-30)55-37-33(49)27(41)19-23(3)53-37/h11-16,21-27,30,33-35,37,49H,10,17-20,41H2,1-9H3/b14-13+/t22-,23-,24+,25+,26-,27?,30-,33?,34-,35-,37+,39-,40-/m1/s1. The topological polar surface area (TPSA) is 208 Å². The summed E-state index contributed by atoms with van der Waals surface area (Å²) in [5.74, 6) is -5.23. The summed E-state index contributed by atoms with van der Waals surface area (Å²) in [6.07, 6.45) is 2.29. The van der Waals surface area contributed by atoms with Crippen molar-refractivity contribution in [2.24, 2.45) is 29.4 Å². The Bertz CT molecular complexity index is 1740. The lowest BCUT2D eigenvalue weighted by Gasteiger charge is -2.46. The van der Waals surface area contributed by atoms with Crippen molar-refractivity contribution >= 4 is 23.6 Å². The van der Waals surface area contributed by atoms with Crippen molar-refractivity contribution in [2.75, 3.05) is 13.7 Å². The lowest BCUT2D eigenvalue weighted by molar-refractivity contribution is -0.288. The molecular weight excluding hydrogens is 724 g/mol. The molecule has 3 N–H and O–H groups in total. The number of nitrogens with two attached hydrogens (primary N) is 1. The molecule has 3 aliphatic heterocycles. The third kappa shape index (κ3) is 8.74. The molecule has 0 radical (unpaired) electrons. The van der Waals surface area contributed by atoms with Crippen LogP contribution < -0.4 is 5.73 Å². The van der Waals surface area contributed by atoms with E-state index in [2.05, 4.69) is 15.3 Å². The van der Waals surface area contributed by atoms with Gasteiger partial charge in [-0.25, -0.2) is 9.48 Å². The van der Waals surface area contributed by atoms with Crippen LogP contribution in [0.1, 0.15) is 74.7 Å². The van der Waals surface area contributed by atoms with Crippen molar-refractivity contribution < 1.29 is 48.0 Å². The van der Waals surface area contributed by atoms with Crippen molar-refractivity contribution in [3.8, 4) is 11.4 Å². The Morgan fingerprint density at radius 2 is 1.73 bits per heavy atom. The maximum Gasteiger partial charge on any atom is 0.411 e. The van der Waals surface area contributed by atoms with E-state index in [9.17, 15) is 24.3 Å². The van der Waals surface area contributed by atoms with E-state index in [0.29, 0.717) is 24.4 Å². The molecule has 0 spiro atoms. The molecule has 3 fully saturated rings. The molecule has 0 bridgehead atoms. The first-order chi connectivity index (χ1) is 26.4. The number of aliphatic hydroxyl groups is 1. The molecule has 308 valence electrons. The number of Topliss-reactive ketones (excluding diaryl/α,β-unsaturated/α-hetero) is 2. The largest absolute Gasteiger partial charge is 0.458 e. The van der Waals surface area contributed by atoms with Gasteiger partial charge in [0.2, 0.25) is 0 Å². The number of aromatic nitrogens is 4. The fourth-order valence-electron chi connectivity index (χ4n) is 8.60. The van der Waals surface area contributed by atoms with Crippen LogP contribution in [0, 0.1) is 23.7 Å². The predicted molar refractivity (Wildman–Crippen MR) is 202 cm³/mol. The second-order valence-corrected chi connectivity index (χ2v) is 16.0. The monoisotopic (exact) mass is 782 g/mol. The zero-order valence-electron chi connectivity index (χ0n) is 33.9. The first-order valence-electron chi connectivity index (χ1n) is 19.5. The average Bonchev–Trinajstić information content (AvgIpc) is 3.75. The number of amides is 1. The second kappa shape index (κ2) is 17.6. The number of methoxy groups -OCH3 is 1. The lowest BCUT2D eigenvalue weighted by Crippen LogP contribution is -2.60. The fourth-order valence-corrected chi connectivity index (χ4v) is 8.60. The van der Waals surface area contributed by atoms with E-state index in [-0.39, 0.29) is 31.3 Å². The van der Waals surface area contributed by atoms with Crippen LogP contribution in [0.15, 0.2) is 42.7 Å². The summed E-state index contributed by atoms with van der Waals surface area (Å²) in [7, 11) is 1.46. The van der Waals surface area contributed by atoms with Gasteiger partial charge in [0, 0.05) is 43.6 Å². The normalized spacial score (nSPS) is 37.6.